The minimum atomic E-state index is 0. The molecule has 0 amide bonds. The van der Waals surface area contributed by atoms with Crippen molar-refractivity contribution in [1.29, 1.82) is 0 Å². The van der Waals surface area contributed by atoms with Gasteiger partial charge in [0, 0.05) is 13.1 Å². The van der Waals surface area contributed by atoms with Crippen molar-refractivity contribution in [3.63, 3.8) is 0 Å². The Morgan fingerprint density at radius 1 is 0.333 bits per heavy atom. The van der Waals surface area contributed by atoms with E-state index >= 15 is 0 Å². The molecule has 1 fully saturated rings. The second-order valence-electron chi connectivity index (χ2n) is 3.93. The van der Waals surface area contributed by atoms with E-state index in [1.165, 1.54) is 51.4 Å². The van der Waals surface area contributed by atoms with Crippen LogP contribution in [0.25, 0.3) is 0 Å². The highest BCUT2D eigenvalue weighted by atomic mass is 35.5. The molecule has 1 rings (SSSR count). The Bertz CT molecular complexity index is 84.7. The molecule has 11 heteroatoms. The van der Waals surface area contributed by atoms with Gasteiger partial charge in [0.25, 0.3) is 0 Å². The number of rotatable bonds is 0. The number of hydrogen-bond acceptors (Lipinski definition) is 4. The maximum Gasteiger partial charge on any atom is 0.0113 e. The Morgan fingerprint density at radius 2 is 0.571 bits per heavy atom. The van der Waals surface area contributed by atoms with Crippen LogP contribution in [0.3, 0.4) is 0 Å². The summed E-state index contributed by atoms with van der Waals surface area (Å²) in [4.78, 5) is 0. The van der Waals surface area contributed by atoms with Gasteiger partial charge < -0.3 is 0 Å². The quantitative estimate of drug-likeness (QED) is 0.443. The lowest BCUT2D eigenvalue weighted by atomic mass is 10.1. The molecule has 1 heterocycles. The predicted octanol–water partition coefficient (Wildman–Crippen LogP) is 4.18. The van der Waals surface area contributed by atoms with Gasteiger partial charge in [0.05, 0.1) is 0 Å². The monoisotopic (exact) mass is 452 g/mol. The van der Waals surface area contributed by atoms with Crippen LogP contribution in [0.5, 0.6) is 0 Å². The Labute approximate surface area is 172 Å². The first-order valence-corrected chi connectivity index (χ1v) is 5.96. The molecule has 1 aliphatic heterocycles. The molecule has 1 saturated heterocycles. The van der Waals surface area contributed by atoms with Gasteiger partial charge in [0.1, 0.15) is 0 Å². The maximum absolute atomic E-state index is 3.12. The topological polar surface area (TPSA) is 48.1 Å². The summed E-state index contributed by atoms with van der Waals surface area (Å²) in [5, 5.41) is 0. The molecule has 0 bridgehead atoms. The lowest BCUT2D eigenvalue weighted by Gasteiger charge is -2.10. The minimum absolute atomic E-state index is 0. The van der Waals surface area contributed by atoms with E-state index in [0.29, 0.717) is 0 Å². The average Bonchev–Trinajstić information content (AvgIpc) is 2.22. The zero-order valence-electron chi connectivity index (χ0n) is 11.9. The molecular weight excluding hydrogens is 424 g/mol. The summed E-state index contributed by atoms with van der Waals surface area (Å²) in [5.41, 5.74) is 12.1. The van der Waals surface area contributed by atoms with Gasteiger partial charge in [-0.25, -0.2) is 10.9 Å². The summed E-state index contributed by atoms with van der Waals surface area (Å²) in [7, 11) is 0. The molecule has 1 aliphatic rings. The van der Waals surface area contributed by atoms with E-state index in [4.69, 9.17) is 0 Å². The predicted molar refractivity (Wildman–Crippen MR) is 110 cm³/mol. The Kier molecular flexibility index (Phi) is 78.2. The van der Waals surface area contributed by atoms with Crippen molar-refractivity contribution in [3.05, 3.63) is 0 Å². The minimum Gasteiger partial charge on any atom is -0.243 e. The fraction of sp³-hybridized carbons (Fsp3) is 1.00. The highest BCUT2D eigenvalue weighted by Crippen LogP contribution is 2.07. The van der Waals surface area contributed by atoms with Crippen molar-refractivity contribution in [2.45, 2.75) is 51.4 Å². The average molecular weight is 456 g/mol. The van der Waals surface area contributed by atoms with Gasteiger partial charge in [0.2, 0.25) is 0 Å². The molecule has 0 unspecified atom stereocenters. The van der Waals surface area contributed by atoms with Crippen molar-refractivity contribution in [2.24, 2.45) is 0 Å². The van der Waals surface area contributed by atoms with Gasteiger partial charge in [-0.1, -0.05) is 38.5 Å². The fourth-order valence-electron chi connectivity index (χ4n) is 1.70. The van der Waals surface area contributed by atoms with Gasteiger partial charge in [0.15, 0.2) is 0 Å². The fourth-order valence-corrected chi connectivity index (χ4v) is 1.70. The number of hydrazine groups is 3. The normalized spacial score (nSPS) is 16.0. The molecule has 0 atom stereocenters. The third kappa shape index (κ3) is 34.3. The molecule has 21 heavy (non-hydrogen) atoms. The molecule has 0 aliphatic carbocycles. The van der Waals surface area contributed by atoms with Crippen molar-refractivity contribution >= 4 is 86.8 Å². The van der Waals surface area contributed by atoms with Gasteiger partial charge in [-0.15, -0.1) is 86.8 Å². The summed E-state index contributed by atoms with van der Waals surface area (Å²) in [6.45, 7) is 2.07. The molecule has 0 aromatic heterocycles. The molecule has 4 N–H and O–H groups in total. The van der Waals surface area contributed by atoms with E-state index in [0.717, 1.165) is 13.1 Å². The Balaban J connectivity index is -0.0000000560. The van der Waals surface area contributed by atoms with Gasteiger partial charge in [-0.05, 0) is 12.8 Å². The molecule has 0 radical (unpaired) electrons. The first kappa shape index (κ1) is 43.4. The van der Waals surface area contributed by atoms with Crippen molar-refractivity contribution in [1.82, 2.24) is 21.9 Å². The summed E-state index contributed by atoms with van der Waals surface area (Å²) >= 11 is 0. The van der Waals surface area contributed by atoms with Crippen molar-refractivity contribution in [2.75, 3.05) is 13.1 Å². The van der Waals surface area contributed by atoms with E-state index in [2.05, 4.69) is 21.9 Å². The molecule has 0 saturated carbocycles. The van der Waals surface area contributed by atoms with E-state index in [1.54, 1.807) is 0 Å². The number of nitrogens with one attached hydrogen (secondary N) is 4. The first-order chi connectivity index (χ1) is 7.00. The van der Waals surface area contributed by atoms with Crippen LogP contribution in [0.4, 0.5) is 0 Å². The van der Waals surface area contributed by atoms with Crippen LogP contribution in [-0.4, -0.2) is 13.1 Å². The lowest BCUT2D eigenvalue weighted by molar-refractivity contribution is 0.357. The summed E-state index contributed by atoms with van der Waals surface area (Å²) in [6.07, 6.45) is 10.8. The van der Waals surface area contributed by atoms with E-state index < -0.39 is 0 Å². The van der Waals surface area contributed by atoms with Gasteiger partial charge in [-0.2, -0.15) is 11.1 Å². The van der Waals surface area contributed by atoms with Crippen LogP contribution in [-0.2, 0) is 0 Å². The molecule has 0 aromatic carbocycles. The third-order valence-electron chi connectivity index (χ3n) is 2.59. The summed E-state index contributed by atoms with van der Waals surface area (Å²) in [6, 6.07) is 0. The summed E-state index contributed by atoms with van der Waals surface area (Å²) < 4.78 is 0. The second kappa shape index (κ2) is 37.8. The van der Waals surface area contributed by atoms with Crippen LogP contribution < -0.4 is 21.9 Å². The van der Waals surface area contributed by atoms with Crippen LogP contribution >= 0.6 is 86.8 Å². The van der Waals surface area contributed by atoms with E-state index in [1.807, 2.05) is 0 Å². The highest BCUT2D eigenvalue weighted by Gasteiger charge is 1.94. The zero-order chi connectivity index (χ0) is 9.90. The zero-order valence-corrected chi connectivity index (χ0v) is 17.6. The molecule has 4 nitrogen and oxygen atoms in total. The Morgan fingerprint density at radius 3 is 0.857 bits per heavy atom. The van der Waals surface area contributed by atoms with Crippen LogP contribution in [0.15, 0.2) is 0 Å². The lowest BCUT2D eigenvalue weighted by Crippen LogP contribution is -2.51. The van der Waals surface area contributed by atoms with E-state index in [-0.39, 0.29) is 86.8 Å². The third-order valence-corrected chi connectivity index (χ3v) is 2.59. The molecule has 140 valence electrons. The van der Waals surface area contributed by atoms with Gasteiger partial charge >= 0.3 is 0 Å². The van der Waals surface area contributed by atoms with Gasteiger partial charge in [-0.3, -0.25) is 0 Å². The smallest absolute Gasteiger partial charge is 0.0113 e. The largest absolute Gasteiger partial charge is 0.243 e. The molecular formula is C10H31Cl7N4. The molecule has 0 aromatic rings. The Hall–Kier alpha value is 1.87. The number of hydrogen-bond donors (Lipinski definition) is 4. The highest BCUT2D eigenvalue weighted by molar-refractivity contribution is 5.86. The van der Waals surface area contributed by atoms with E-state index in [9.17, 15) is 0 Å². The number of halogens is 7. The van der Waals surface area contributed by atoms with Crippen LogP contribution in [0.1, 0.15) is 51.4 Å². The van der Waals surface area contributed by atoms with Crippen molar-refractivity contribution < 1.29 is 0 Å². The summed E-state index contributed by atoms with van der Waals surface area (Å²) in [5.74, 6) is 0. The van der Waals surface area contributed by atoms with Crippen molar-refractivity contribution in [3.8, 4) is 0 Å². The maximum atomic E-state index is 3.12. The van der Waals surface area contributed by atoms with Crippen LogP contribution in [0, 0.1) is 0 Å². The second-order valence-corrected chi connectivity index (χ2v) is 3.93. The van der Waals surface area contributed by atoms with Crippen LogP contribution in [0.2, 0.25) is 0 Å². The first-order valence-electron chi connectivity index (χ1n) is 5.96. The molecule has 0 spiro atoms. The SMILES string of the molecule is C1CCCCCNNNNCCCC1.Cl.Cl.Cl.Cl.Cl.Cl.Cl. The standard InChI is InChI=1S/C10H24N4.7ClH/c1-2-4-6-8-10-12-14-13-11-9-7-5-3-1;;;;;;;/h11-14H,1-10H2;7*1H.